The van der Waals surface area contributed by atoms with Gasteiger partial charge in [-0.3, -0.25) is 14.4 Å². The summed E-state index contributed by atoms with van der Waals surface area (Å²) < 4.78 is 16.6. The largest absolute Gasteiger partial charge is 0.462 e. The molecule has 59 heavy (non-hydrogen) atoms. The quantitative estimate of drug-likeness (QED) is 0.0265. The molecule has 0 bridgehead atoms. The summed E-state index contributed by atoms with van der Waals surface area (Å²) in [4.78, 5) is 37.8. The number of hydrogen-bond acceptors (Lipinski definition) is 6. The maximum absolute atomic E-state index is 12.7. The van der Waals surface area contributed by atoms with Gasteiger partial charge in [0.2, 0.25) is 0 Å². The average Bonchev–Trinajstić information content (AvgIpc) is 3.23. The Labute approximate surface area is 361 Å². The Kier molecular flexibility index (Phi) is 43.6. The molecule has 6 heteroatoms. The smallest absolute Gasteiger partial charge is 0.306 e. The van der Waals surface area contributed by atoms with E-state index in [1.54, 1.807) is 0 Å². The van der Waals surface area contributed by atoms with Gasteiger partial charge in [-0.15, -0.1) is 0 Å². The van der Waals surface area contributed by atoms with Crippen molar-refractivity contribution in [2.24, 2.45) is 0 Å². The zero-order valence-electron chi connectivity index (χ0n) is 37.7. The van der Waals surface area contributed by atoms with Gasteiger partial charge < -0.3 is 14.2 Å². The molecule has 0 aromatic carbocycles. The fourth-order valence-electron chi connectivity index (χ4n) is 5.75. The van der Waals surface area contributed by atoms with Crippen molar-refractivity contribution in [3.8, 4) is 0 Å². The first-order valence-electron chi connectivity index (χ1n) is 23.4. The van der Waals surface area contributed by atoms with Crippen LogP contribution in [-0.2, 0) is 28.6 Å². The highest BCUT2D eigenvalue weighted by atomic mass is 16.6. The number of hydrogen-bond donors (Lipinski definition) is 0. The molecule has 1 atom stereocenters. The summed E-state index contributed by atoms with van der Waals surface area (Å²) in [6, 6.07) is 0. The summed E-state index contributed by atoms with van der Waals surface area (Å²) in [5.74, 6) is -1.02. The van der Waals surface area contributed by atoms with Gasteiger partial charge in [0.25, 0.3) is 0 Å². The van der Waals surface area contributed by atoms with E-state index in [2.05, 4.69) is 130 Å². The van der Waals surface area contributed by atoms with Crippen LogP contribution in [0.5, 0.6) is 0 Å². The maximum atomic E-state index is 12.7. The number of unbranched alkanes of at least 4 members (excludes halogenated alkanes) is 11. The van der Waals surface area contributed by atoms with E-state index in [0.29, 0.717) is 25.7 Å². The van der Waals surface area contributed by atoms with Gasteiger partial charge in [0.1, 0.15) is 13.2 Å². The fraction of sp³-hybridized carbons (Fsp3) is 0.604. The molecule has 0 heterocycles. The molecule has 0 aromatic heterocycles. The van der Waals surface area contributed by atoms with E-state index < -0.39 is 6.10 Å². The zero-order chi connectivity index (χ0) is 43.0. The Bertz CT molecular complexity index is 1260. The van der Waals surface area contributed by atoms with E-state index in [1.165, 1.54) is 25.7 Å². The topological polar surface area (TPSA) is 78.9 Å². The van der Waals surface area contributed by atoms with Crippen LogP contribution in [0.25, 0.3) is 0 Å². The van der Waals surface area contributed by atoms with Crippen LogP contribution in [0.3, 0.4) is 0 Å². The first-order valence-corrected chi connectivity index (χ1v) is 23.4. The van der Waals surface area contributed by atoms with Crippen LogP contribution in [-0.4, -0.2) is 37.2 Å². The predicted molar refractivity (Wildman–Crippen MR) is 251 cm³/mol. The summed E-state index contributed by atoms with van der Waals surface area (Å²) >= 11 is 0. The SMILES string of the molecule is CC/C=C\C/C=C\C/C=C\C/C=C\CCCCC(=O)OCC(COC(=O)CCCCCCC/C=C\CCCC)OC(=O)CCCC/C=C\C/C=C\C/C=C\C/C=C\CC. The van der Waals surface area contributed by atoms with Crippen LogP contribution in [0.4, 0.5) is 0 Å². The van der Waals surface area contributed by atoms with Crippen molar-refractivity contribution in [2.75, 3.05) is 13.2 Å². The van der Waals surface area contributed by atoms with Gasteiger partial charge in [-0.2, -0.15) is 0 Å². The van der Waals surface area contributed by atoms with Gasteiger partial charge in [0, 0.05) is 19.3 Å². The Morgan fingerprint density at radius 1 is 0.356 bits per heavy atom. The molecule has 0 rings (SSSR count). The Morgan fingerprint density at radius 3 is 1.08 bits per heavy atom. The second-order valence-corrected chi connectivity index (χ2v) is 14.9. The zero-order valence-corrected chi connectivity index (χ0v) is 37.7. The van der Waals surface area contributed by atoms with Crippen molar-refractivity contribution in [3.63, 3.8) is 0 Å². The molecule has 0 saturated heterocycles. The van der Waals surface area contributed by atoms with E-state index >= 15 is 0 Å². The molecular formula is C53H84O6. The second kappa shape index (κ2) is 46.8. The van der Waals surface area contributed by atoms with Crippen LogP contribution >= 0.6 is 0 Å². The third kappa shape index (κ3) is 45.0. The van der Waals surface area contributed by atoms with Gasteiger partial charge in [-0.05, 0) is 116 Å². The van der Waals surface area contributed by atoms with Gasteiger partial charge in [-0.1, -0.05) is 162 Å². The number of ether oxygens (including phenoxy) is 3. The van der Waals surface area contributed by atoms with E-state index in [9.17, 15) is 14.4 Å². The standard InChI is InChI=1S/C53H84O6/c1-4-7-10-13-16-19-22-24-26-28-31-34-37-40-43-46-52(55)58-49-50(48-57-51(54)45-42-39-36-33-30-21-18-15-12-9-6-3)59-53(56)47-44-41-38-35-32-29-27-25-23-20-17-14-11-8-5-2/h7-8,10-11,15-20,24-27,31-32,34-35,50H,4-6,9,12-14,21-23,28-30,33,36-49H2,1-3H3/b10-7-,11-8-,18-15-,19-16-,20-17-,26-24-,27-25-,34-31-,35-32-. The Morgan fingerprint density at radius 2 is 0.661 bits per heavy atom. The summed E-state index contributed by atoms with van der Waals surface area (Å²) in [6.45, 7) is 6.26. The summed E-state index contributed by atoms with van der Waals surface area (Å²) in [6.07, 6.45) is 62.2. The highest BCUT2D eigenvalue weighted by Gasteiger charge is 2.19. The molecule has 0 amide bonds. The number of carbonyl (C=O) groups excluding carboxylic acids is 3. The average molecular weight is 817 g/mol. The molecule has 0 aliphatic carbocycles. The monoisotopic (exact) mass is 817 g/mol. The predicted octanol–water partition coefficient (Wildman–Crippen LogP) is 15.2. The minimum atomic E-state index is -0.820. The van der Waals surface area contributed by atoms with Crippen molar-refractivity contribution < 1.29 is 28.6 Å². The molecule has 6 nitrogen and oxygen atoms in total. The van der Waals surface area contributed by atoms with Gasteiger partial charge in [0.15, 0.2) is 6.10 Å². The number of allylic oxidation sites excluding steroid dienone is 18. The van der Waals surface area contributed by atoms with E-state index in [-0.39, 0.29) is 37.5 Å². The Balaban J connectivity index is 4.56. The fourth-order valence-corrected chi connectivity index (χ4v) is 5.75. The van der Waals surface area contributed by atoms with Crippen molar-refractivity contribution in [2.45, 2.75) is 194 Å². The van der Waals surface area contributed by atoms with Crippen molar-refractivity contribution in [1.29, 1.82) is 0 Å². The van der Waals surface area contributed by atoms with Gasteiger partial charge in [-0.25, -0.2) is 0 Å². The number of esters is 3. The third-order valence-corrected chi connectivity index (χ3v) is 9.24. The molecule has 0 spiro atoms. The highest BCUT2D eigenvalue weighted by molar-refractivity contribution is 5.71. The lowest BCUT2D eigenvalue weighted by molar-refractivity contribution is -0.167. The molecule has 0 aromatic rings. The molecule has 1 unspecified atom stereocenters. The van der Waals surface area contributed by atoms with Crippen molar-refractivity contribution in [1.82, 2.24) is 0 Å². The minimum absolute atomic E-state index is 0.115. The van der Waals surface area contributed by atoms with Crippen molar-refractivity contribution >= 4 is 17.9 Å². The van der Waals surface area contributed by atoms with E-state index in [4.69, 9.17) is 14.2 Å². The highest BCUT2D eigenvalue weighted by Crippen LogP contribution is 2.11. The molecule has 0 fully saturated rings. The van der Waals surface area contributed by atoms with Crippen LogP contribution in [0.2, 0.25) is 0 Å². The van der Waals surface area contributed by atoms with Gasteiger partial charge >= 0.3 is 17.9 Å². The third-order valence-electron chi connectivity index (χ3n) is 9.24. The molecule has 0 radical (unpaired) electrons. The van der Waals surface area contributed by atoms with Crippen LogP contribution in [0, 0.1) is 0 Å². The lowest BCUT2D eigenvalue weighted by Gasteiger charge is -2.18. The molecule has 0 saturated carbocycles. The van der Waals surface area contributed by atoms with E-state index in [0.717, 1.165) is 109 Å². The molecule has 332 valence electrons. The van der Waals surface area contributed by atoms with Crippen LogP contribution < -0.4 is 0 Å². The van der Waals surface area contributed by atoms with Gasteiger partial charge in [0.05, 0.1) is 0 Å². The lowest BCUT2D eigenvalue weighted by Crippen LogP contribution is -2.30. The molecule has 0 N–H and O–H groups in total. The summed E-state index contributed by atoms with van der Waals surface area (Å²) in [7, 11) is 0. The van der Waals surface area contributed by atoms with Crippen LogP contribution in [0.1, 0.15) is 188 Å². The molecule has 0 aliphatic rings. The van der Waals surface area contributed by atoms with E-state index in [1.807, 2.05) is 0 Å². The van der Waals surface area contributed by atoms with Crippen LogP contribution in [0.15, 0.2) is 109 Å². The molecule has 0 aliphatic heterocycles. The second-order valence-electron chi connectivity index (χ2n) is 14.9. The number of rotatable bonds is 40. The lowest BCUT2D eigenvalue weighted by atomic mass is 10.1. The number of carbonyl (C=O) groups is 3. The summed E-state index contributed by atoms with van der Waals surface area (Å²) in [5.41, 5.74) is 0. The Hall–Kier alpha value is -3.93. The van der Waals surface area contributed by atoms with Crippen molar-refractivity contribution in [3.05, 3.63) is 109 Å². The first-order chi connectivity index (χ1) is 29.0. The first kappa shape index (κ1) is 55.1. The molecular weight excluding hydrogens is 733 g/mol. The summed E-state index contributed by atoms with van der Waals surface area (Å²) in [5, 5.41) is 0. The normalized spacial score (nSPS) is 13.1. The maximum Gasteiger partial charge on any atom is 0.306 e. The minimum Gasteiger partial charge on any atom is -0.462 e.